The summed E-state index contributed by atoms with van der Waals surface area (Å²) in [5.41, 5.74) is 0.0415. The third-order valence-corrected chi connectivity index (χ3v) is 3.54. The van der Waals surface area contributed by atoms with E-state index in [9.17, 15) is 4.79 Å². The van der Waals surface area contributed by atoms with Gasteiger partial charge in [-0.2, -0.15) is 0 Å². The molecule has 0 bridgehead atoms. The van der Waals surface area contributed by atoms with E-state index in [1.54, 1.807) is 23.0 Å². The molecule has 1 aliphatic rings. The Labute approximate surface area is 95.2 Å². The van der Waals surface area contributed by atoms with Crippen LogP contribution in [0, 0.1) is 0 Å². The van der Waals surface area contributed by atoms with Crippen LogP contribution in [0.5, 0.6) is 0 Å². The summed E-state index contributed by atoms with van der Waals surface area (Å²) in [6.45, 7) is 1.60. The van der Waals surface area contributed by atoms with Crippen LogP contribution in [0.1, 0.15) is 12.2 Å². The van der Waals surface area contributed by atoms with Crippen LogP contribution < -0.4 is 14.9 Å². The molecule has 4 nitrogen and oxygen atoms in total. The molecule has 0 spiro atoms. The Morgan fingerprint density at radius 1 is 1.56 bits per heavy atom. The number of thiazole rings is 1. The van der Waals surface area contributed by atoms with Crippen molar-refractivity contribution in [3.05, 3.63) is 43.8 Å². The molecule has 0 N–H and O–H groups in total. The van der Waals surface area contributed by atoms with Gasteiger partial charge in [-0.25, -0.2) is 0 Å². The van der Waals surface area contributed by atoms with Gasteiger partial charge in [0, 0.05) is 19.2 Å². The summed E-state index contributed by atoms with van der Waals surface area (Å²) < 4.78 is 7.63. The Balaban J connectivity index is 2.24. The molecule has 0 aliphatic carbocycles. The van der Waals surface area contributed by atoms with Crippen LogP contribution in [0.3, 0.4) is 0 Å². The van der Waals surface area contributed by atoms with E-state index in [0.29, 0.717) is 10.3 Å². The first-order valence-corrected chi connectivity index (χ1v) is 5.95. The van der Waals surface area contributed by atoms with Gasteiger partial charge in [0.05, 0.1) is 10.8 Å². The first-order valence-electron chi connectivity index (χ1n) is 5.14. The van der Waals surface area contributed by atoms with Gasteiger partial charge in [-0.15, -0.1) is 0 Å². The van der Waals surface area contributed by atoms with Crippen LogP contribution in [-0.4, -0.2) is 11.1 Å². The number of furan rings is 1. The fourth-order valence-corrected chi connectivity index (χ4v) is 2.74. The van der Waals surface area contributed by atoms with Crippen molar-refractivity contribution in [1.29, 1.82) is 0 Å². The second-order valence-electron chi connectivity index (χ2n) is 3.60. The largest absolute Gasteiger partial charge is 0.465 e. The summed E-state index contributed by atoms with van der Waals surface area (Å²) >= 11 is 1.43. The third-order valence-electron chi connectivity index (χ3n) is 2.49. The second kappa shape index (κ2) is 3.75. The predicted octanol–water partition coefficient (Wildman–Crippen LogP) is 0.355. The van der Waals surface area contributed by atoms with Gasteiger partial charge < -0.3 is 4.42 Å². The van der Waals surface area contributed by atoms with E-state index in [0.717, 1.165) is 24.3 Å². The maximum atomic E-state index is 12.0. The van der Waals surface area contributed by atoms with Crippen molar-refractivity contribution < 1.29 is 4.42 Å². The predicted molar refractivity (Wildman–Crippen MR) is 61.1 cm³/mol. The van der Waals surface area contributed by atoms with Gasteiger partial charge in [-0.05, 0) is 18.6 Å². The summed E-state index contributed by atoms with van der Waals surface area (Å²) in [7, 11) is 0. The fraction of sp³-hybridized carbons (Fsp3) is 0.273. The molecule has 3 heterocycles. The van der Waals surface area contributed by atoms with E-state index in [4.69, 9.17) is 4.42 Å². The Morgan fingerprint density at radius 3 is 3.25 bits per heavy atom. The molecule has 16 heavy (non-hydrogen) atoms. The lowest BCUT2D eigenvalue weighted by Gasteiger charge is -2.03. The Morgan fingerprint density at radius 2 is 2.50 bits per heavy atom. The molecule has 0 saturated heterocycles. The van der Waals surface area contributed by atoms with Crippen molar-refractivity contribution in [3.8, 4) is 0 Å². The summed E-state index contributed by atoms with van der Waals surface area (Å²) in [6, 6.07) is 3.64. The Kier molecular flexibility index (Phi) is 2.25. The number of aromatic nitrogens is 1. The highest BCUT2D eigenvalue weighted by Crippen LogP contribution is 2.00. The number of fused-ring (bicyclic) bond motifs is 1. The van der Waals surface area contributed by atoms with E-state index in [1.165, 1.54) is 11.3 Å². The lowest BCUT2D eigenvalue weighted by Crippen LogP contribution is -2.33. The van der Waals surface area contributed by atoms with Crippen LogP contribution in [-0.2, 0) is 6.54 Å². The highest BCUT2D eigenvalue weighted by Gasteiger charge is 2.08. The topological polar surface area (TPSA) is 47.5 Å². The minimum Gasteiger partial charge on any atom is -0.465 e. The average Bonchev–Trinajstić information content (AvgIpc) is 2.90. The molecule has 0 amide bonds. The van der Waals surface area contributed by atoms with Crippen molar-refractivity contribution in [2.75, 3.05) is 6.54 Å². The maximum absolute atomic E-state index is 12.0. The minimum atomic E-state index is 0.0415. The van der Waals surface area contributed by atoms with Gasteiger partial charge in [0.15, 0.2) is 4.80 Å². The SMILES string of the molecule is O=c1/c(=C/c2ccco2)sc2n1CCCN=2. The van der Waals surface area contributed by atoms with E-state index >= 15 is 0 Å². The molecule has 0 saturated carbocycles. The van der Waals surface area contributed by atoms with Crippen molar-refractivity contribution in [2.24, 2.45) is 4.99 Å². The highest BCUT2D eigenvalue weighted by atomic mass is 32.1. The van der Waals surface area contributed by atoms with Gasteiger partial charge in [-0.1, -0.05) is 11.3 Å². The van der Waals surface area contributed by atoms with E-state index in [-0.39, 0.29) is 5.56 Å². The van der Waals surface area contributed by atoms with Crippen LogP contribution in [0.2, 0.25) is 0 Å². The Hall–Kier alpha value is -1.62. The fourth-order valence-electron chi connectivity index (χ4n) is 1.73. The summed E-state index contributed by atoms with van der Waals surface area (Å²) in [6.07, 6.45) is 4.32. The van der Waals surface area contributed by atoms with Gasteiger partial charge in [0.1, 0.15) is 5.76 Å². The lowest BCUT2D eigenvalue weighted by atomic mass is 10.4. The summed E-state index contributed by atoms with van der Waals surface area (Å²) in [5, 5.41) is 0. The second-order valence-corrected chi connectivity index (χ2v) is 4.61. The van der Waals surface area contributed by atoms with Crippen LogP contribution >= 0.6 is 11.3 Å². The lowest BCUT2D eigenvalue weighted by molar-refractivity contribution is 0.556. The zero-order valence-electron chi connectivity index (χ0n) is 8.55. The number of nitrogens with zero attached hydrogens (tertiary/aromatic N) is 2. The van der Waals surface area contributed by atoms with Crippen molar-refractivity contribution in [2.45, 2.75) is 13.0 Å². The summed E-state index contributed by atoms with van der Waals surface area (Å²) in [4.78, 5) is 17.1. The standard InChI is InChI=1S/C11H10N2O2S/c14-10-9(7-8-3-1-6-15-8)16-11-12-4-2-5-13(10)11/h1,3,6-7H,2,4-5H2/b9-7-. The van der Waals surface area contributed by atoms with Gasteiger partial charge in [0.2, 0.25) is 0 Å². The molecule has 82 valence electrons. The van der Waals surface area contributed by atoms with Crippen molar-refractivity contribution in [3.63, 3.8) is 0 Å². The van der Waals surface area contributed by atoms with E-state index < -0.39 is 0 Å². The molecule has 0 aromatic carbocycles. The number of hydrogen-bond donors (Lipinski definition) is 0. The molecule has 0 atom stereocenters. The minimum absolute atomic E-state index is 0.0415. The van der Waals surface area contributed by atoms with Crippen LogP contribution in [0.15, 0.2) is 32.6 Å². The average molecular weight is 234 g/mol. The number of hydrogen-bond acceptors (Lipinski definition) is 4. The van der Waals surface area contributed by atoms with Crippen molar-refractivity contribution >= 4 is 17.4 Å². The molecule has 0 unspecified atom stereocenters. The highest BCUT2D eigenvalue weighted by molar-refractivity contribution is 7.07. The molecule has 0 radical (unpaired) electrons. The molecule has 2 aromatic heterocycles. The van der Waals surface area contributed by atoms with Crippen molar-refractivity contribution in [1.82, 2.24) is 4.57 Å². The quantitative estimate of drug-likeness (QED) is 0.715. The first-order chi connectivity index (χ1) is 7.84. The zero-order chi connectivity index (χ0) is 11.0. The number of rotatable bonds is 1. The zero-order valence-corrected chi connectivity index (χ0v) is 9.37. The molecule has 0 fully saturated rings. The normalized spacial score (nSPS) is 15.9. The van der Waals surface area contributed by atoms with Gasteiger partial charge >= 0.3 is 0 Å². The maximum Gasteiger partial charge on any atom is 0.270 e. The molecule has 2 aromatic rings. The van der Waals surface area contributed by atoms with Gasteiger partial charge in [-0.3, -0.25) is 14.4 Å². The van der Waals surface area contributed by atoms with Crippen LogP contribution in [0.4, 0.5) is 0 Å². The molecule has 3 rings (SSSR count). The van der Waals surface area contributed by atoms with E-state index in [2.05, 4.69) is 4.99 Å². The molecule has 1 aliphatic heterocycles. The van der Waals surface area contributed by atoms with Crippen LogP contribution in [0.25, 0.3) is 6.08 Å². The molecular weight excluding hydrogens is 224 g/mol. The van der Waals surface area contributed by atoms with E-state index in [1.807, 2.05) is 6.07 Å². The third kappa shape index (κ3) is 1.53. The smallest absolute Gasteiger partial charge is 0.270 e. The molecular formula is C11H10N2O2S. The summed E-state index contributed by atoms with van der Waals surface area (Å²) in [5.74, 6) is 0.705. The Bertz CT molecular complexity index is 664. The monoisotopic (exact) mass is 234 g/mol. The first kappa shape index (κ1) is 9.59. The molecule has 5 heteroatoms. The van der Waals surface area contributed by atoms with Gasteiger partial charge in [0.25, 0.3) is 5.56 Å².